The molecule has 0 saturated heterocycles. The van der Waals surface area contributed by atoms with E-state index in [-0.39, 0.29) is 0 Å². The molecule has 1 amide bonds. The van der Waals surface area contributed by atoms with Gasteiger partial charge in [0.2, 0.25) is 0 Å². The smallest absolute Gasteiger partial charge is 0.340 e. The van der Waals surface area contributed by atoms with Gasteiger partial charge in [-0.1, -0.05) is 41.9 Å². The molecule has 3 rings (SSSR count). The maximum atomic E-state index is 12.4. The number of para-hydroxylation sites is 2. The number of rotatable bonds is 6. The molecule has 5 nitrogen and oxygen atoms in total. The van der Waals surface area contributed by atoms with E-state index in [9.17, 15) is 9.59 Å². The lowest BCUT2D eigenvalue weighted by Crippen LogP contribution is -2.21. The largest absolute Gasteiger partial charge is 0.452 e. The van der Waals surface area contributed by atoms with E-state index < -0.39 is 18.5 Å². The van der Waals surface area contributed by atoms with E-state index >= 15 is 0 Å². The van der Waals surface area contributed by atoms with E-state index in [0.29, 0.717) is 22.0 Å². The zero-order chi connectivity index (χ0) is 19.9. The fourth-order valence-corrected chi connectivity index (χ4v) is 2.85. The van der Waals surface area contributed by atoms with Gasteiger partial charge in [0.15, 0.2) is 6.61 Å². The molecular formula is C21H16BrClN2O3. The Hall–Kier alpha value is -2.83. The SMILES string of the molecule is O=C(COC(=O)c1ccccc1Nc1ccccc1)Nc1ccc(Br)c(Cl)c1. The van der Waals surface area contributed by atoms with Gasteiger partial charge in [-0.25, -0.2) is 4.79 Å². The molecule has 3 aromatic rings. The highest BCUT2D eigenvalue weighted by Crippen LogP contribution is 2.25. The molecule has 3 aromatic carbocycles. The van der Waals surface area contributed by atoms with E-state index in [1.807, 2.05) is 36.4 Å². The van der Waals surface area contributed by atoms with Crippen molar-refractivity contribution >= 4 is 56.5 Å². The standard InChI is InChI=1S/C21H16BrClN2O3/c22-17-11-10-15(12-18(17)23)25-20(26)13-28-21(27)16-8-4-5-9-19(16)24-14-6-2-1-3-7-14/h1-12,24H,13H2,(H,25,26). The highest BCUT2D eigenvalue weighted by molar-refractivity contribution is 9.10. The van der Waals surface area contributed by atoms with Gasteiger partial charge in [-0.3, -0.25) is 4.79 Å². The second kappa shape index (κ2) is 9.39. The lowest BCUT2D eigenvalue weighted by Gasteiger charge is -2.12. The molecule has 0 aliphatic carbocycles. The minimum absolute atomic E-state index is 0.339. The number of anilines is 3. The maximum absolute atomic E-state index is 12.4. The molecule has 0 radical (unpaired) electrons. The molecule has 7 heteroatoms. The summed E-state index contributed by atoms with van der Waals surface area (Å²) in [6.07, 6.45) is 0. The first-order chi connectivity index (χ1) is 13.5. The van der Waals surface area contributed by atoms with Crippen LogP contribution in [0, 0.1) is 0 Å². The van der Waals surface area contributed by atoms with Crippen molar-refractivity contribution in [3.05, 3.63) is 87.9 Å². The van der Waals surface area contributed by atoms with Gasteiger partial charge in [0.25, 0.3) is 5.91 Å². The predicted octanol–water partition coefficient (Wildman–Crippen LogP) is 5.64. The van der Waals surface area contributed by atoms with Crippen LogP contribution >= 0.6 is 27.5 Å². The van der Waals surface area contributed by atoms with Crippen molar-refractivity contribution in [2.45, 2.75) is 0 Å². The summed E-state index contributed by atoms with van der Waals surface area (Å²) < 4.78 is 5.88. The molecule has 0 bridgehead atoms. The molecule has 2 N–H and O–H groups in total. The normalized spacial score (nSPS) is 10.2. The van der Waals surface area contributed by atoms with Crippen molar-refractivity contribution in [1.82, 2.24) is 0 Å². The quantitative estimate of drug-likeness (QED) is 0.468. The molecule has 0 spiro atoms. The monoisotopic (exact) mass is 458 g/mol. The molecule has 0 aliphatic rings. The zero-order valence-corrected chi connectivity index (χ0v) is 17.0. The Bertz CT molecular complexity index is 996. The molecule has 0 heterocycles. The van der Waals surface area contributed by atoms with Gasteiger partial charge in [0, 0.05) is 15.8 Å². The Morgan fingerprint density at radius 1 is 0.929 bits per heavy atom. The first kappa shape index (κ1) is 19.9. The molecule has 28 heavy (non-hydrogen) atoms. The summed E-state index contributed by atoms with van der Waals surface area (Å²) in [6.45, 7) is -0.411. The summed E-state index contributed by atoms with van der Waals surface area (Å²) in [5.74, 6) is -1.05. The van der Waals surface area contributed by atoms with E-state index in [2.05, 4.69) is 26.6 Å². The number of benzene rings is 3. The third kappa shape index (κ3) is 5.34. The third-order valence-electron chi connectivity index (χ3n) is 3.74. The number of carbonyl (C=O) groups excluding carboxylic acids is 2. The fraction of sp³-hybridized carbons (Fsp3) is 0.0476. The highest BCUT2D eigenvalue weighted by atomic mass is 79.9. The predicted molar refractivity (Wildman–Crippen MR) is 114 cm³/mol. The van der Waals surface area contributed by atoms with Gasteiger partial charge in [-0.05, 0) is 58.4 Å². The zero-order valence-electron chi connectivity index (χ0n) is 14.6. The van der Waals surface area contributed by atoms with E-state index in [4.69, 9.17) is 16.3 Å². The van der Waals surface area contributed by atoms with Crippen molar-refractivity contribution in [3.63, 3.8) is 0 Å². The average molecular weight is 460 g/mol. The number of hydrogen-bond donors (Lipinski definition) is 2. The maximum Gasteiger partial charge on any atom is 0.340 e. The van der Waals surface area contributed by atoms with Gasteiger partial charge < -0.3 is 15.4 Å². The van der Waals surface area contributed by atoms with Crippen LogP contribution in [0.3, 0.4) is 0 Å². The first-order valence-corrected chi connectivity index (χ1v) is 9.53. The van der Waals surface area contributed by atoms with Crippen LogP contribution in [0.2, 0.25) is 5.02 Å². The van der Waals surface area contributed by atoms with Crippen LogP contribution in [-0.2, 0) is 9.53 Å². The van der Waals surface area contributed by atoms with Crippen LogP contribution in [0.25, 0.3) is 0 Å². The molecular weight excluding hydrogens is 444 g/mol. The highest BCUT2D eigenvalue weighted by Gasteiger charge is 2.15. The van der Waals surface area contributed by atoms with Gasteiger partial charge >= 0.3 is 5.97 Å². The van der Waals surface area contributed by atoms with E-state index in [1.165, 1.54) is 0 Å². The number of esters is 1. The average Bonchev–Trinajstić information content (AvgIpc) is 2.70. The third-order valence-corrected chi connectivity index (χ3v) is 4.97. The van der Waals surface area contributed by atoms with Gasteiger partial charge in [0.05, 0.1) is 16.3 Å². The fourth-order valence-electron chi connectivity index (χ4n) is 2.43. The molecule has 0 unspecified atom stereocenters. The van der Waals surface area contributed by atoms with Gasteiger partial charge in [-0.2, -0.15) is 0 Å². The summed E-state index contributed by atoms with van der Waals surface area (Å²) in [4.78, 5) is 24.5. The Balaban J connectivity index is 1.61. The first-order valence-electron chi connectivity index (χ1n) is 8.36. The Morgan fingerprint density at radius 2 is 1.64 bits per heavy atom. The number of nitrogens with one attached hydrogen (secondary N) is 2. The van der Waals surface area contributed by atoms with Crippen LogP contribution in [-0.4, -0.2) is 18.5 Å². The van der Waals surface area contributed by atoms with Gasteiger partial charge in [0.1, 0.15) is 0 Å². The molecule has 0 aromatic heterocycles. The van der Waals surface area contributed by atoms with Crippen LogP contribution in [0.5, 0.6) is 0 Å². The van der Waals surface area contributed by atoms with Crippen molar-refractivity contribution in [2.24, 2.45) is 0 Å². The minimum atomic E-state index is -0.594. The Kier molecular flexibility index (Phi) is 6.68. The summed E-state index contributed by atoms with van der Waals surface area (Å²) >= 11 is 9.28. The molecule has 0 fully saturated rings. The second-order valence-electron chi connectivity index (χ2n) is 5.79. The number of ether oxygens (including phenoxy) is 1. The van der Waals surface area contributed by atoms with Crippen molar-refractivity contribution < 1.29 is 14.3 Å². The Morgan fingerprint density at radius 3 is 2.39 bits per heavy atom. The van der Waals surface area contributed by atoms with Crippen LogP contribution < -0.4 is 10.6 Å². The number of amides is 1. The van der Waals surface area contributed by atoms with Crippen molar-refractivity contribution in [3.8, 4) is 0 Å². The summed E-state index contributed by atoms with van der Waals surface area (Å²) in [7, 11) is 0. The number of carbonyl (C=O) groups is 2. The number of hydrogen-bond acceptors (Lipinski definition) is 4. The van der Waals surface area contributed by atoms with Crippen LogP contribution in [0.15, 0.2) is 77.3 Å². The minimum Gasteiger partial charge on any atom is -0.452 e. The van der Waals surface area contributed by atoms with E-state index in [1.54, 1.807) is 36.4 Å². The summed E-state index contributed by atoms with van der Waals surface area (Å²) in [6, 6.07) is 21.4. The van der Waals surface area contributed by atoms with Crippen molar-refractivity contribution in [1.29, 1.82) is 0 Å². The lowest BCUT2D eigenvalue weighted by atomic mass is 10.1. The Labute approximate surface area is 175 Å². The molecule has 0 atom stereocenters. The second-order valence-corrected chi connectivity index (χ2v) is 7.05. The summed E-state index contributed by atoms with van der Waals surface area (Å²) in [5.41, 5.74) is 2.29. The molecule has 0 saturated carbocycles. The van der Waals surface area contributed by atoms with Crippen LogP contribution in [0.1, 0.15) is 10.4 Å². The number of halogens is 2. The topological polar surface area (TPSA) is 67.4 Å². The lowest BCUT2D eigenvalue weighted by molar-refractivity contribution is -0.119. The molecule has 0 aliphatic heterocycles. The van der Waals surface area contributed by atoms with Crippen molar-refractivity contribution in [2.75, 3.05) is 17.2 Å². The van der Waals surface area contributed by atoms with E-state index in [0.717, 1.165) is 10.2 Å². The van der Waals surface area contributed by atoms with Crippen LogP contribution in [0.4, 0.5) is 17.1 Å². The summed E-state index contributed by atoms with van der Waals surface area (Å²) in [5, 5.41) is 6.27. The van der Waals surface area contributed by atoms with Gasteiger partial charge in [-0.15, -0.1) is 0 Å². The molecule has 142 valence electrons.